The van der Waals surface area contributed by atoms with Crippen molar-refractivity contribution in [3.63, 3.8) is 0 Å². The van der Waals surface area contributed by atoms with E-state index >= 15 is 0 Å². The Balaban J connectivity index is 1.70. The third-order valence-electron chi connectivity index (χ3n) is 3.59. The minimum atomic E-state index is -0.274. The summed E-state index contributed by atoms with van der Waals surface area (Å²) in [7, 11) is 1.54. The number of anilines is 1. The molecule has 0 aliphatic heterocycles. The summed E-state index contributed by atoms with van der Waals surface area (Å²) in [6, 6.07) is 16.3. The highest BCUT2D eigenvalue weighted by Gasteiger charge is 2.14. The first kappa shape index (κ1) is 16.4. The van der Waals surface area contributed by atoms with Crippen molar-refractivity contribution in [3.05, 3.63) is 72.1 Å². The molecule has 2 amide bonds. The maximum Gasteiger partial charge on any atom is 0.253 e. The van der Waals surface area contributed by atoms with Gasteiger partial charge >= 0.3 is 0 Å². The Hall–Kier alpha value is -3.41. The quantitative estimate of drug-likeness (QED) is 0.751. The summed E-state index contributed by atoms with van der Waals surface area (Å²) in [6.45, 7) is 0. The molecule has 0 bridgehead atoms. The third-order valence-corrected chi connectivity index (χ3v) is 3.59. The summed E-state index contributed by atoms with van der Waals surface area (Å²) in [5.41, 5.74) is 2.23. The summed E-state index contributed by atoms with van der Waals surface area (Å²) in [5, 5.41) is 5.29. The number of aromatic nitrogens is 1. The van der Waals surface area contributed by atoms with Gasteiger partial charge in [0.15, 0.2) is 0 Å². The Bertz CT molecular complexity index is 888. The van der Waals surface area contributed by atoms with Gasteiger partial charge < -0.3 is 15.1 Å². The number of nitrogens with zero attached hydrogens (tertiary/aromatic N) is 1. The number of benzene rings is 2. The van der Waals surface area contributed by atoms with Crippen LogP contribution in [0.1, 0.15) is 16.1 Å². The molecule has 0 aliphatic carbocycles. The molecule has 0 fully saturated rings. The van der Waals surface area contributed by atoms with E-state index in [0.29, 0.717) is 22.8 Å². The molecule has 0 saturated carbocycles. The highest BCUT2D eigenvalue weighted by atomic mass is 16.3. The first-order chi connectivity index (χ1) is 12.2. The number of para-hydroxylation sites is 1. The van der Waals surface area contributed by atoms with Crippen molar-refractivity contribution in [1.82, 2.24) is 10.3 Å². The van der Waals surface area contributed by atoms with E-state index in [4.69, 9.17) is 4.42 Å². The normalized spacial score (nSPS) is 10.3. The molecule has 0 saturated heterocycles. The predicted molar refractivity (Wildman–Crippen MR) is 94.1 cm³/mol. The van der Waals surface area contributed by atoms with Crippen LogP contribution in [0, 0.1) is 0 Å². The Kier molecular flexibility index (Phi) is 4.89. The van der Waals surface area contributed by atoms with Crippen LogP contribution in [0.3, 0.4) is 0 Å². The molecule has 1 aromatic heterocycles. The summed E-state index contributed by atoms with van der Waals surface area (Å²) in [5.74, 6) is -0.0675. The van der Waals surface area contributed by atoms with E-state index in [2.05, 4.69) is 15.6 Å². The Morgan fingerprint density at radius 3 is 2.52 bits per heavy atom. The van der Waals surface area contributed by atoms with Gasteiger partial charge in [0.2, 0.25) is 11.8 Å². The van der Waals surface area contributed by atoms with Crippen molar-refractivity contribution >= 4 is 17.5 Å². The lowest BCUT2D eigenvalue weighted by molar-refractivity contribution is -0.115. The number of rotatable bonds is 5. The summed E-state index contributed by atoms with van der Waals surface area (Å²) < 4.78 is 5.43. The Morgan fingerprint density at radius 2 is 1.76 bits per heavy atom. The highest BCUT2D eigenvalue weighted by molar-refractivity contribution is 6.03. The van der Waals surface area contributed by atoms with Gasteiger partial charge in [-0.3, -0.25) is 9.59 Å². The molecule has 0 unspecified atom stereocenters. The second-order valence-corrected chi connectivity index (χ2v) is 5.36. The van der Waals surface area contributed by atoms with Gasteiger partial charge in [0, 0.05) is 12.6 Å². The largest absolute Gasteiger partial charge is 0.444 e. The summed E-state index contributed by atoms with van der Waals surface area (Å²) >= 11 is 0. The van der Waals surface area contributed by atoms with Crippen molar-refractivity contribution in [3.8, 4) is 11.5 Å². The van der Waals surface area contributed by atoms with E-state index in [9.17, 15) is 9.59 Å². The maximum atomic E-state index is 12.3. The van der Waals surface area contributed by atoms with Crippen molar-refractivity contribution in [2.75, 3.05) is 12.4 Å². The van der Waals surface area contributed by atoms with Gasteiger partial charge in [0.25, 0.3) is 5.91 Å². The fourth-order valence-corrected chi connectivity index (χ4v) is 2.39. The molecular formula is C19H17N3O3. The molecule has 0 spiro atoms. The zero-order valence-corrected chi connectivity index (χ0v) is 13.7. The Morgan fingerprint density at radius 1 is 1.04 bits per heavy atom. The van der Waals surface area contributed by atoms with E-state index in [1.807, 2.05) is 30.3 Å². The van der Waals surface area contributed by atoms with E-state index in [-0.39, 0.29) is 18.2 Å². The minimum absolute atomic E-state index is 0.0540. The van der Waals surface area contributed by atoms with Crippen LogP contribution in [0.25, 0.3) is 11.5 Å². The van der Waals surface area contributed by atoms with Crippen molar-refractivity contribution in [1.29, 1.82) is 0 Å². The van der Waals surface area contributed by atoms with Crippen LogP contribution >= 0.6 is 0 Å². The molecule has 3 rings (SSSR count). The second-order valence-electron chi connectivity index (χ2n) is 5.36. The van der Waals surface area contributed by atoms with Crippen LogP contribution in [0.5, 0.6) is 0 Å². The van der Waals surface area contributed by atoms with Gasteiger partial charge in [-0.1, -0.05) is 30.3 Å². The number of carbonyl (C=O) groups is 2. The van der Waals surface area contributed by atoms with Crippen LogP contribution in [0.2, 0.25) is 0 Å². The molecule has 0 atom stereocenters. The first-order valence-electron chi connectivity index (χ1n) is 7.78. The zero-order valence-electron chi connectivity index (χ0n) is 13.7. The topological polar surface area (TPSA) is 84.2 Å². The molecule has 6 nitrogen and oxygen atoms in total. The number of carbonyl (C=O) groups excluding carboxylic acids is 2. The van der Waals surface area contributed by atoms with Gasteiger partial charge in [0.1, 0.15) is 6.26 Å². The average Bonchev–Trinajstić information content (AvgIpc) is 3.10. The van der Waals surface area contributed by atoms with E-state index < -0.39 is 0 Å². The molecule has 0 aliphatic rings. The van der Waals surface area contributed by atoms with Gasteiger partial charge in [-0.2, -0.15) is 0 Å². The lowest BCUT2D eigenvalue weighted by Crippen LogP contribution is -2.22. The first-order valence-corrected chi connectivity index (χ1v) is 7.78. The van der Waals surface area contributed by atoms with Crippen LogP contribution in [0.4, 0.5) is 5.69 Å². The molecular weight excluding hydrogens is 318 g/mol. The number of hydrogen-bond donors (Lipinski definition) is 2. The van der Waals surface area contributed by atoms with Crippen molar-refractivity contribution < 1.29 is 14.0 Å². The molecule has 2 aromatic carbocycles. The molecule has 2 N–H and O–H groups in total. The van der Waals surface area contributed by atoms with Gasteiger partial charge in [0.05, 0.1) is 23.4 Å². The fraction of sp³-hybridized carbons (Fsp3) is 0.105. The lowest BCUT2D eigenvalue weighted by Gasteiger charge is -2.09. The second kappa shape index (κ2) is 7.44. The predicted octanol–water partition coefficient (Wildman–Crippen LogP) is 2.88. The summed E-state index contributed by atoms with van der Waals surface area (Å²) in [4.78, 5) is 28.4. The van der Waals surface area contributed by atoms with Crippen molar-refractivity contribution in [2.45, 2.75) is 6.42 Å². The summed E-state index contributed by atoms with van der Waals surface area (Å²) in [6.07, 6.45) is 1.52. The standard InChI is InChI=1S/C19H17N3O3/c1-20-18(24)15-9-5-6-10-16(15)22-17(23)11-14-12-25-19(21-14)13-7-3-2-4-8-13/h2-10,12H,11H2,1H3,(H,20,24)(H,22,23). The molecule has 3 aromatic rings. The fourth-order valence-electron chi connectivity index (χ4n) is 2.39. The van der Waals surface area contributed by atoms with E-state index in [1.54, 1.807) is 31.3 Å². The molecule has 6 heteroatoms. The Labute approximate surface area is 144 Å². The highest BCUT2D eigenvalue weighted by Crippen LogP contribution is 2.19. The number of hydrogen-bond acceptors (Lipinski definition) is 4. The van der Waals surface area contributed by atoms with Gasteiger partial charge in [-0.25, -0.2) is 4.98 Å². The SMILES string of the molecule is CNC(=O)c1ccccc1NC(=O)Cc1coc(-c2ccccc2)n1. The molecule has 0 radical (unpaired) electrons. The molecule has 1 heterocycles. The monoisotopic (exact) mass is 335 g/mol. The smallest absolute Gasteiger partial charge is 0.253 e. The van der Waals surface area contributed by atoms with E-state index in [0.717, 1.165) is 5.56 Å². The third kappa shape index (κ3) is 3.92. The molecule has 25 heavy (non-hydrogen) atoms. The number of oxazole rings is 1. The molecule has 126 valence electrons. The van der Waals surface area contributed by atoms with Gasteiger partial charge in [-0.15, -0.1) is 0 Å². The number of amides is 2. The van der Waals surface area contributed by atoms with Crippen LogP contribution < -0.4 is 10.6 Å². The van der Waals surface area contributed by atoms with Gasteiger partial charge in [-0.05, 0) is 24.3 Å². The zero-order chi connectivity index (χ0) is 17.6. The lowest BCUT2D eigenvalue weighted by atomic mass is 10.1. The van der Waals surface area contributed by atoms with E-state index in [1.165, 1.54) is 6.26 Å². The minimum Gasteiger partial charge on any atom is -0.444 e. The average molecular weight is 335 g/mol. The maximum absolute atomic E-state index is 12.3. The van der Waals surface area contributed by atoms with Crippen molar-refractivity contribution in [2.24, 2.45) is 0 Å². The van der Waals surface area contributed by atoms with Crippen LogP contribution in [0.15, 0.2) is 65.3 Å². The number of nitrogens with one attached hydrogen (secondary N) is 2. The van der Waals surface area contributed by atoms with Crippen LogP contribution in [-0.4, -0.2) is 23.8 Å². The van der Waals surface area contributed by atoms with Crippen LogP contribution in [-0.2, 0) is 11.2 Å².